The molecule has 5 heteroatoms. The largest absolute Gasteiger partial charge is 0.465 e. The minimum absolute atomic E-state index is 0.298. The topological polar surface area (TPSA) is 34.1 Å². The van der Waals surface area contributed by atoms with Gasteiger partial charge in [0.25, 0.3) is 5.19 Å². The van der Waals surface area contributed by atoms with Gasteiger partial charge >= 0.3 is 0 Å². The Balaban J connectivity index is 1.89. The van der Waals surface area contributed by atoms with Crippen LogP contribution in [0.1, 0.15) is 12.8 Å². The smallest absolute Gasteiger partial charge is 0.274 e. The van der Waals surface area contributed by atoms with Crippen LogP contribution < -0.4 is 10.1 Å². The van der Waals surface area contributed by atoms with Gasteiger partial charge in [-0.25, -0.2) is 0 Å². The molecule has 0 radical (unpaired) electrons. The highest BCUT2D eigenvalue weighted by atomic mass is 79.9. The predicted octanol–water partition coefficient (Wildman–Crippen LogP) is 2.04. The van der Waals surface area contributed by atoms with Gasteiger partial charge in [0.05, 0.1) is 0 Å². The Kier molecular flexibility index (Phi) is 3.18. The van der Waals surface area contributed by atoms with Crippen molar-refractivity contribution in [2.24, 2.45) is 0 Å². The number of nitrogens with one attached hydrogen (secondary N) is 1. The van der Waals surface area contributed by atoms with E-state index in [1.165, 1.54) is 17.8 Å². The summed E-state index contributed by atoms with van der Waals surface area (Å²) < 4.78 is 6.55. The van der Waals surface area contributed by atoms with E-state index >= 15 is 0 Å². The summed E-state index contributed by atoms with van der Waals surface area (Å²) in [4.78, 5) is 4.19. The third kappa shape index (κ3) is 2.65. The van der Waals surface area contributed by atoms with Crippen LogP contribution in [0.15, 0.2) is 9.98 Å². The molecule has 0 saturated carbocycles. The Morgan fingerprint density at radius 3 is 3.23 bits per heavy atom. The predicted molar refractivity (Wildman–Crippen MR) is 56.3 cm³/mol. The number of piperidine rings is 1. The third-order valence-corrected chi connectivity index (χ3v) is 3.41. The number of aromatic nitrogens is 1. The molecule has 0 bridgehead atoms. The molecule has 0 unspecified atom stereocenters. The van der Waals surface area contributed by atoms with Crippen molar-refractivity contribution in [3.05, 3.63) is 9.98 Å². The molecule has 0 aliphatic carbocycles. The lowest BCUT2D eigenvalue weighted by molar-refractivity contribution is 0.166. The Labute approximate surface area is 89.6 Å². The average molecular weight is 263 g/mol. The summed E-state index contributed by atoms with van der Waals surface area (Å²) in [5, 5.41) is 6.00. The maximum atomic E-state index is 5.69. The summed E-state index contributed by atoms with van der Waals surface area (Å²) >= 11 is 4.84. The van der Waals surface area contributed by atoms with Crippen LogP contribution in [0.5, 0.6) is 5.19 Å². The fourth-order valence-corrected chi connectivity index (χ4v) is 2.51. The maximum absolute atomic E-state index is 5.69. The first-order chi connectivity index (χ1) is 6.34. The third-order valence-electron chi connectivity index (χ3n) is 1.97. The van der Waals surface area contributed by atoms with Crippen LogP contribution >= 0.6 is 27.3 Å². The number of halogens is 1. The van der Waals surface area contributed by atoms with Crippen molar-refractivity contribution >= 4 is 27.3 Å². The molecule has 0 amide bonds. The standard InChI is InChI=1S/C8H11BrN2OS/c9-7-5-13-8(11-7)12-6-2-1-3-10-4-6/h5-6,10H,1-4H2/t6-/m0/s1. The molecule has 1 aliphatic heterocycles. The second kappa shape index (κ2) is 4.39. The van der Waals surface area contributed by atoms with Crippen molar-refractivity contribution < 1.29 is 4.74 Å². The van der Waals surface area contributed by atoms with Gasteiger partial charge in [0.1, 0.15) is 10.7 Å². The molecule has 1 fully saturated rings. The molecule has 72 valence electrons. The van der Waals surface area contributed by atoms with Crippen LogP contribution in [0.25, 0.3) is 0 Å². The van der Waals surface area contributed by atoms with E-state index in [9.17, 15) is 0 Å². The number of rotatable bonds is 2. The number of thiazole rings is 1. The van der Waals surface area contributed by atoms with Gasteiger partial charge in [0.2, 0.25) is 0 Å². The fraction of sp³-hybridized carbons (Fsp3) is 0.625. The number of nitrogens with zero attached hydrogens (tertiary/aromatic N) is 1. The van der Waals surface area contributed by atoms with E-state index in [0.29, 0.717) is 6.10 Å². The average Bonchev–Trinajstić information content (AvgIpc) is 2.53. The molecule has 1 aromatic heterocycles. The molecule has 1 aromatic rings. The number of ether oxygens (including phenoxy) is 1. The van der Waals surface area contributed by atoms with Crippen molar-refractivity contribution in [3.8, 4) is 5.19 Å². The zero-order chi connectivity index (χ0) is 9.10. The summed E-state index contributed by atoms with van der Waals surface area (Å²) in [6.07, 6.45) is 2.62. The SMILES string of the molecule is Brc1csc(O[C@H]2CCCNC2)n1. The molecule has 13 heavy (non-hydrogen) atoms. The summed E-state index contributed by atoms with van der Waals surface area (Å²) in [6.45, 7) is 2.05. The van der Waals surface area contributed by atoms with Gasteiger partial charge in [-0.05, 0) is 35.3 Å². The quantitative estimate of drug-likeness (QED) is 0.886. The molecule has 2 rings (SSSR count). The maximum Gasteiger partial charge on any atom is 0.274 e. The Morgan fingerprint density at radius 2 is 2.62 bits per heavy atom. The Morgan fingerprint density at radius 1 is 1.69 bits per heavy atom. The van der Waals surface area contributed by atoms with Gasteiger partial charge in [-0.1, -0.05) is 11.3 Å². The number of hydrogen-bond donors (Lipinski definition) is 1. The van der Waals surface area contributed by atoms with Crippen LogP contribution in [0.3, 0.4) is 0 Å². The molecule has 2 heterocycles. The van der Waals surface area contributed by atoms with Gasteiger partial charge in [0.15, 0.2) is 0 Å². The molecule has 1 saturated heterocycles. The Hall–Kier alpha value is -0.130. The van der Waals surface area contributed by atoms with Gasteiger partial charge in [-0.15, -0.1) is 0 Å². The lowest BCUT2D eigenvalue weighted by Gasteiger charge is -2.22. The first-order valence-electron chi connectivity index (χ1n) is 4.33. The Bertz CT molecular complexity index is 273. The van der Waals surface area contributed by atoms with Gasteiger partial charge in [0, 0.05) is 11.9 Å². The molecular formula is C8H11BrN2OS. The van der Waals surface area contributed by atoms with Crippen molar-refractivity contribution in [3.63, 3.8) is 0 Å². The fourth-order valence-electron chi connectivity index (χ4n) is 1.36. The van der Waals surface area contributed by atoms with Crippen LogP contribution in [0.2, 0.25) is 0 Å². The number of hydrogen-bond acceptors (Lipinski definition) is 4. The highest BCUT2D eigenvalue weighted by molar-refractivity contribution is 9.10. The zero-order valence-electron chi connectivity index (χ0n) is 7.12. The highest BCUT2D eigenvalue weighted by Crippen LogP contribution is 2.23. The molecular weight excluding hydrogens is 252 g/mol. The van der Waals surface area contributed by atoms with Crippen molar-refractivity contribution in [1.82, 2.24) is 10.3 Å². The first kappa shape index (κ1) is 9.43. The van der Waals surface area contributed by atoms with Crippen LogP contribution in [-0.4, -0.2) is 24.2 Å². The zero-order valence-corrected chi connectivity index (χ0v) is 9.53. The molecule has 1 atom stereocenters. The summed E-state index contributed by atoms with van der Waals surface area (Å²) in [6, 6.07) is 0. The second-order valence-electron chi connectivity index (χ2n) is 3.02. The molecule has 1 N–H and O–H groups in total. The minimum Gasteiger partial charge on any atom is -0.465 e. The second-order valence-corrected chi connectivity index (χ2v) is 4.66. The molecule has 0 aromatic carbocycles. The molecule has 3 nitrogen and oxygen atoms in total. The van der Waals surface area contributed by atoms with Crippen LogP contribution in [0, 0.1) is 0 Å². The van der Waals surface area contributed by atoms with Gasteiger partial charge in [-0.2, -0.15) is 4.98 Å². The molecule has 1 aliphatic rings. The van der Waals surface area contributed by atoms with Crippen molar-refractivity contribution in [2.75, 3.05) is 13.1 Å². The summed E-state index contributed by atoms with van der Waals surface area (Å²) in [5.41, 5.74) is 0. The van der Waals surface area contributed by atoms with E-state index in [0.717, 1.165) is 29.3 Å². The molecule has 0 spiro atoms. The normalized spacial score (nSPS) is 23.0. The van der Waals surface area contributed by atoms with Crippen molar-refractivity contribution in [2.45, 2.75) is 18.9 Å². The lowest BCUT2D eigenvalue weighted by Crippen LogP contribution is -2.37. The monoisotopic (exact) mass is 262 g/mol. The minimum atomic E-state index is 0.298. The van der Waals surface area contributed by atoms with E-state index in [2.05, 4.69) is 26.2 Å². The van der Waals surface area contributed by atoms with Crippen LogP contribution in [0.4, 0.5) is 0 Å². The van der Waals surface area contributed by atoms with E-state index < -0.39 is 0 Å². The van der Waals surface area contributed by atoms with Crippen molar-refractivity contribution in [1.29, 1.82) is 0 Å². The lowest BCUT2D eigenvalue weighted by atomic mass is 10.1. The van der Waals surface area contributed by atoms with E-state index in [-0.39, 0.29) is 0 Å². The van der Waals surface area contributed by atoms with Gasteiger partial charge < -0.3 is 10.1 Å². The van der Waals surface area contributed by atoms with E-state index in [1.54, 1.807) is 0 Å². The highest BCUT2D eigenvalue weighted by Gasteiger charge is 2.15. The van der Waals surface area contributed by atoms with Gasteiger partial charge in [-0.3, -0.25) is 0 Å². The van der Waals surface area contributed by atoms with E-state index in [4.69, 9.17) is 4.74 Å². The summed E-state index contributed by atoms with van der Waals surface area (Å²) in [7, 11) is 0. The summed E-state index contributed by atoms with van der Waals surface area (Å²) in [5.74, 6) is 0. The first-order valence-corrected chi connectivity index (χ1v) is 6.00. The van der Waals surface area contributed by atoms with Crippen LogP contribution in [-0.2, 0) is 0 Å². The van der Waals surface area contributed by atoms with E-state index in [1.807, 2.05) is 5.38 Å².